The number of nitrogen functional groups attached to an aromatic ring is 1. The molecule has 1 amide bonds. The zero-order chi connectivity index (χ0) is 15.4. The summed E-state index contributed by atoms with van der Waals surface area (Å²) in [5, 5.41) is 11.6. The summed E-state index contributed by atoms with van der Waals surface area (Å²) in [6.45, 7) is 0. The zero-order valence-corrected chi connectivity index (χ0v) is 11.4. The number of rotatable bonds is 4. The Morgan fingerprint density at radius 2 is 1.81 bits per heavy atom. The molecule has 0 saturated carbocycles. The van der Waals surface area contributed by atoms with Gasteiger partial charge in [-0.2, -0.15) is 0 Å². The number of carboxylic acids is 1. The second kappa shape index (κ2) is 6.15. The summed E-state index contributed by atoms with van der Waals surface area (Å²) in [6, 6.07) is 11.0. The largest absolute Gasteiger partial charge is 0.478 e. The van der Waals surface area contributed by atoms with Crippen LogP contribution in [-0.2, 0) is 0 Å². The van der Waals surface area contributed by atoms with Crippen LogP contribution in [0.2, 0.25) is 0 Å². The van der Waals surface area contributed by atoms with Crippen LogP contribution < -0.4 is 15.3 Å². The minimum Gasteiger partial charge on any atom is -0.478 e. The molecule has 21 heavy (non-hydrogen) atoms. The lowest BCUT2D eigenvalue weighted by molar-refractivity contribution is 0.0694. The van der Waals surface area contributed by atoms with Crippen molar-refractivity contribution in [2.24, 2.45) is 0 Å². The summed E-state index contributed by atoms with van der Waals surface area (Å²) < 4.78 is 4.55. The van der Waals surface area contributed by atoms with E-state index in [9.17, 15) is 9.59 Å². The van der Waals surface area contributed by atoms with E-state index in [-0.39, 0.29) is 22.7 Å². The Morgan fingerprint density at radius 3 is 2.38 bits per heavy atom. The third-order valence-corrected chi connectivity index (χ3v) is 2.93. The molecule has 2 aromatic carbocycles. The van der Waals surface area contributed by atoms with Crippen molar-refractivity contribution in [3.05, 3.63) is 53.6 Å². The third kappa shape index (κ3) is 3.06. The molecule has 0 saturated heterocycles. The number of benzene rings is 2. The van der Waals surface area contributed by atoms with E-state index >= 15 is 0 Å². The number of aromatic carboxylic acids is 1. The van der Waals surface area contributed by atoms with Gasteiger partial charge in [0.25, 0.3) is 5.91 Å². The fourth-order valence-corrected chi connectivity index (χ4v) is 1.91. The van der Waals surface area contributed by atoms with Gasteiger partial charge in [-0.15, -0.1) is 0 Å². The van der Waals surface area contributed by atoms with E-state index in [0.29, 0.717) is 5.56 Å². The van der Waals surface area contributed by atoms with Crippen molar-refractivity contribution in [3.8, 4) is 5.75 Å². The van der Waals surface area contributed by atoms with Gasteiger partial charge in [0.15, 0.2) is 5.75 Å². The molecule has 0 aliphatic carbocycles. The highest BCUT2D eigenvalue weighted by atomic mass is 35.5. The molecular formula is C14H11ClN2O4. The van der Waals surface area contributed by atoms with Crippen LogP contribution in [0.15, 0.2) is 42.5 Å². The Morgan fingerprint density at radius 1 is 1.14 bits per heavy atom. The number of nitrogens with two attached hydrogens (primary N) is 1. The number of hydrogen-bond donors (Lipinski definition) is 3. The number of anilines is 2. The van der Waals surface area contributed by atoms with Crippen LogP contribution in [0.4, 0.5) is 11.4 Å². The maximum atomic E-state index is 12.1. The minimum absolute atomic E-state index is 0.0127. The lowest BCUT2D eigenvalue weighted by Crippen LogP contribution is -2.15. The number of hydrogen-bond acceptors (Lipinski definition) is 4. The summed E-state index contributed by atoms with van der Waals surface area (Å²) in [6.07, 6.45) is 0. The normalized spacial score (nSPS) is 9.95. The first-order valence-electron chi connectivity index (χ1n) is 5.85. The third-order valence-electron chi connectivity index (χ3n) is 2.77. The highest BCUT2D eigenvalue weighted by Crippen LogP contribution is 2.35. The number of amides is 1. The summed E-state index contributed by atoms with van der Waals surface area (Å²) in [4.78, 5) is 23.2. The fraction of sp³-hybridized carbons (Fsp3) is 0. The molecule has 0 atom stereocenters. The van der Waals surface area contributed by atoms with Gasteiger partial charge in [0.1, 0.15) is 23.1 Å². The zero-order valence-electron chi connectivity index (χ0n) is 10.7. The van der Waals surface area contributed by atoms with E-state index < -0.39 is 11.9 Å². The average Bonchev–Trinajstić information content (AvgIpc) is 2.49. The van der Waals surface area contributed by atoms with E-state index in [0.717, 1.165) is 0 Å². The predicted octanol–water partition coefficient (Wildman–Crippen LogP) is 2.75. The number of carboxylic acid groups (broad SMARTS) is 1. The topological polar surface area (TPSA) is 102 Å². The second-order valence-electron chi connectivity index (χ2n) is 4.11. The molecule has 0 aliphatic rings. The Kier molecular flexibility index (Phi) is 4.30. The summed E-state index contributed by atoms with van der Waals surface area (Å²) in [7, 11) is 0. The molecule has 0 heterocycles. The molecule has 0 aromatic heterocycles. The highest BCUT2D eigenvalue weighted by Gasteiger charge is 2.20. The van der Waals surface area contributed by atoms with Gasteiger partial charge in [-0.25, -0.2) is 4.79 Å². The second-order valence-corrected chi connectivity index (χ2v) is 4.26. The molecule has 0 bridgehead atoms. The minimum atomic E-state index is -1.25. The van der Waals surface area contributed by atoms with E-state index in [1.807, 2.05) is 0 Å². The van der Waals surface area contributed by atoms with Crippen LogP contribution in [0, 0.1) is 0 Å². The van der Waals surface area contributed by atoms with Crippen molar-refractivity contribution in [2.45, 2.75) is 0 Å². The van der Waals surface area contributed by atoms with Crippen molar-refractivity contribution < 1.29 is 19.0 Å². The molecule has 0 fully saturated rings. The van der Waals surface area contributed by atoms with Crippen LogP contribution in [0.5, 0.6) is 5.75 Å². The molecule has 4 N–H and O–H groups in total. The quantitative estimate of drug-likeness (QED) is 0.754. The van der Waals surface area contributed by atoms with E-state index in [1.54, 1.807) is 30.3 Å². The standard InChI is InChI=1S/C14H11ClN2O4/c15-21-12-9(14(19)20)6-7-10(16)11(12)17-13(18)8-4-2-1-3-5-8/h1-7H,16H2,(H,17,18)(H,19,20). The van der Waals surface area contributed by atoms with Gasteiger partial charge >= 0.3 is 5.97 Å². The molecule has 6 nitrogen and oxygen atoms in total. The molecule has 0 spiro atoms. The Labute approximate surface area is 125 Å². The molecule has 2 rings (SSSR count). The SMILES string of the molecule is Nc1ccc(C(=O)O)c(OCl)c1NC(=O)c1ccccc1. The number of carbonyl (C=O) groups excluding carboxylic acids is 1. The van der Waals surface area contributed by atoms with Crippen molar-refractivity contribution >= 4 is 35.1 Å². The summed E-state index contributed by atoms with van der Waals surface area (Å²) in [5.41, 5.74) is 6.08. The van der Waals surface area contributed by atoms with E-state index in [4.69, 9.17) is 22.7 Å². The monoisotopic (exact) mass is 306 g/mol. The lowest BCUT2D eigenvalue weighted by atomic mass is 10.1. The Hall–Kier alpha value is -2.73. The van der Waals surface area contributed by atoms with Gasteiger partial charge in [0.05, 0.1) is 5.69 Å². The molecule has 7 heteroatoms. The molecule has 108 valence electrons. The molecule has 2 aromatic rings. The van der Waals surface area contributed by atoms with Crippen molar-refractivity contribution in [3.63, 3.8) is 0 Å². The lowest BCUT2D eigenvalue weighted by Gasteiger charge is -2.13. The van der Waals surface area contributed by atoms with Crippen LogP contribution in [0.3, 0.4) is 0 Å². The van der Waals surface area contributed by atoms with Gasteiger partial charge in [0.2, 0.25) is 0 Å². The van der Waals surface area contributed by atoms with Crippen LogP contribution >= 0.6 is 11.9 Å². The first kappa shape index (κ1) is 14.7. The van der Waals surface area contributed by atoms with E-state index in [1.165, 1.54) is 12.1 Å². The van der Waals surface area contributed by atoms with Crippen LogP contribution in [-0.4, -0.2) is 17.0 Å². The summed E-state index contributed by atoms with van der Waals surface area (Å²) in [5.74, 6) is -1.92. The smallest absolute Gasteiger partial charge is 0.339 e. The maximum absolute atomic E-state index is 12.1. The van der Waals surface area contributed by atoms with Gasteiger partial charge in [-0.05, 0) is 24.3 Å². The van der Waals surface area contributed by atoms with E-state index in [2.05, 4.69) is 9.61 Å². The molecule has 0 radical (unpaired) electrons. The predicted molar refractivity (Wildman–Crippen MR) is 78.7 cm³/mol. The van der Waals surface area contributed by atoms with Crippen molar-refractivity contribution in [2.75, 3.05) is 11.1 Å². The highest BCUT2D eigenvalue weighted by molar-refractivity contribution is 6.13. The Balaban J connectivity index is 2.42. The van der Waals surface area contributed by atoms with Crippen molar-refractivity contribution in [1.82, 2.24) is 0 Å². The molecule has 0 unspecified atom stereocenters. The number of carbonyl (C=O) groups is 2. The van der Waals surface area contributed by atoms with Crippen LogP contribution in [0.25, 0.3) is 0 Å². The molecular weight excluding hydrogens is 296 g/mol. The van der Waals surface area contributed by atoms with Gasteiger partial charge in [0, 0.05) is 5.56 Å². The van der Waals surface area contributed by atoms with Gasteiger partial charge < -0.3 is 20.4 Å². The summed E-state index contributed by atoms with van der Waals surface area (Å²) >= 11 is 5.31. The van der Waals surface area contributed by atoms with Crippen LogP contribution in [0.1, 0.15) is 20.7 Å². The average molecular weight is 307 g/mol. The fourth-order valence-electron chi connectivity index (χ4n) is 1.75. The van der Waals surface area contributed by atoms with Gasteiger partial charge in [-0.1, -0.05) is 18.2 Å². The number of halogens is 1. The van der Waals surface area contributed by atoms with Crippen molar-refractivity contribution in [1.29, 1.82) is 0 Å². The number of nitrogens with one attached hydrogen (secondary N) is 1. The van der Waals surface area contributed by atoms with Gasteiger partial charge in [-0.3, -0.25) is 4.79 Å². The Bertz CT molecular complexity index is 689. The first-order chi connectivity index (χ1) is 10.0. The first-order valence-corrected chi connectivity index (χ1v) is 6.16. The molecule has 0 aliphatic heterocycles. The maximum Gasteiger partial charge on any atom is 0.339 e.